The van der Waals surface area contributed by atoms with Gasteiger partial charge in [0.15, 0.2) is 0 Å². The van der Waals surface area contributed by atoms with Crippen LogP contribution >= 0.6 is 0 Å². The van der Waals surface area contributed by atoms with E-state index in [1.54, 1.807) is 7.05 Å². The normalized spacial score (nSPS) is 15.4. The SMILES string of the molecule is CNC(=O)NCCC(=O)N1CCCC1. The molecule has 0 aliphatic carbocycles. The van der Waals surface area contributed by atoms with Crippen LogP contribution in [0.2, 0.25) is 0 Å². The van der Waals surface area contributed by atoms with Crippen molar-refractivity contribution in [3.05, 3.63) is 0 Å². The lowest BCUT2D eigenvalue weighted by molar-refractivity contribution is -0.129. The standard InChI is InChI=1S/C9H17N3O2/c1-10-9(14)11-5-4-8(13)12-6-2-3-7-12/h2-7H2,1H3,(H2,10,11,14). The highest BCUT2D eigenvalue weighted by Crippen LogP contribution is 2.08. The Morgan fingerprint density at radius 2 is 1.93 bits per heavy atom. The van der Waals surface area contributed by atoms with E-state index in [1.807, 2.05) is 4.90 Å². The molecule has 0 radical (unpaired) electrons. The maximum absolute atomic E-state index is 11.5. The van der Waals surface area contributed by atoms with E-state index in [1.165, 1.54) is 0 Å². The molecule has 0 aromatic rings. The molecule has 0 spiro atoms. The van der Waals surface area contributed by atoms with Gasteiger partial charge in [-0.15, -0.1) is 0 Å². The van der Waals surface area contributed by atoms with Gasteiger partial charge in [-0.1, -0.05) is 0 Å². The smallest absolute Gasteiger partial charge is 0.314 e. The summed E-state index contributed by atoms with van der Waals surface area (Å²) in [4.78, 5) is 24.1. The van der Waals surface area contributed by atoms with Crippen LogP contribution in [0.3, 0.4) is 0 Å². The zero-order chi connectivity index (χ0) is 10.4. The first-order chi connectivity index (χ1) is 6.74. The summed E-state index contributed by atoms with van der Waals surface area (Å²) in [5.41, 5.74) is 0. The quantitative estimate of drug-likeness (QED) is 0.668. The highest BCUT2D eigenvalue weighted by molar-refractivity contribution is 5.78. The van der Waals surface area contributed by atoms with Crippen molar-refractivity contribution < 1.29 is 9.59 Å². The number of rotatable bonds is 3. The van der Waals surface area contributed by atoms with Crippen LogP contribution in [0.4, 0.5) is 4.79 Å². The summed E-state index contributed by atoms with van der Waals surface area (Å²) in [6.45, 7) is 2.16. The van der Waals surface area contributed by atoms with Crippen LogP contribution in [0.1, 0.15) is 19.3 Å². The molecule has 0 atom stereocenters. The van der Waals surface area contributed by atoms with Crippen molar-refractivity contribution in [2.24, 2.45) is 0 Å². The van der Waals surface area contributed by atoms with Crippen molar-refractivity contribution in [2.45, 2.75) is 19.3 Å². The Kier molecular flexibility index (Phi) is 4.22. The molecule has 5 nitrogen and oxygen atoms in total. The molecular formula is C9H17N3O2. The molecule has 2 N–H and O–H groups in total. The van der Waals surface area contributed by atoms with E-state index in [0.29, 0.717) is 13.0 Å². The number of carbonyl (C=O) groups excluding carboxylic acids is 2. The van der Waals surface area contributed by atoms with E-state index in [-0.39, 0.29) is 11.9 Å². The van der Waals surface area contributed by atoms with E-state index in [9.17, 15) is 9.59 Å². The van der Waals surface area contributed by atoms with Gasteiger partial charge in [-0.2, -0.15) is 0 Å². The fraction of sp³-hybridized carbons (Fsp3) is 0.778. The van der Waals surface area contributed by atoms with Crippen LogP contribution in [-0.2, 0) is 4.79 Å². The summed E-state index contributed by atoms with van der Waals surface area (Å²) < 4.78 is 0. The van der Waals surface area contributed by atoms with Crippen LogP contribution < -0.4 is 10.6 Å². The van der Waals surface area contributed by atoms with Crippen molar-refractivity contribution in [1.82, 2.24) is 15.5 Å². The van der Waals surface area contributed by atoms with E-state index in [2.05, 4.69) is 10.6 Å². The van der Waals surface area contributed by atoms with Gasteiger partial charge in [-0.25, -0.2) is 4.79 Å². The lowest BCUT2D eigenvalue weighted by Crippen LogP contribution is -2.36. The van der Waals surface area contributed by atoms with Crippen LogP contribution in [0.15, 0.2) is 0 Å². The molecule has 3 amide bonds. The summed E-state index contributed by atoms with van der Waals surface area (Å²) in [7, 11) is 1.55. The highest BCUT2D eigenvalue weighted by atomic mass is 16.2. The van der Waals surface area contributed by atoms with E-state index < -0.39 is 0 Å². The minimum Gasteiger partial charge on any atom is -0.343 e. The fourth-order valence-electron chi connectivity index (χ4n) is 1.50. The largest absolute Gasteiger partial charge is 0.343 e. The Bertz CT molecular complexity index is 212. The molecule has 5 heteroatoms. The average molecular weight is 199 g/mol. The van der Waals surface area contributed by atoms with Gasteiger partial charge >= 0.3 is 6.03 Å². The molecule has 0 saturated carbocycles. The minimum atomic E-state index is -0.237. The van der Waals surface area contributed by atoms with Gasteiger partial charge in [-0.3, -0.25) is 4.79 Å². The third kappa shape index (κ3) is 3.24. The molecule has 1 fully saturated rings. The van der Waals surface area contributed by atoms with E-state index >= 15 is 0 Å². The van der Waals surface area contributed by atoms with E-state index in [0.717, 1.165) is 25.9 Å². The topological polar surface area (TPSA) is 61.4 Å². The van der Waals surface area contributed by atoms with Crippen LogP contribution in [0, 0.1) is 0 Å². The monoisotopic (exact) mass is 199 g/mol. The lowest BCUT2D eigenvalue weighted by atomic mass is 10.3. The maximum atomic E-state index is 11.5. The molecule has 14 heavy (non-hydrogen) atoms. The van der Waals surface area contributed by atoms with Gasteiger partial charge in [0.2, 0.25) is 5.91 Å². The number of carbonyl (C=O) groups is 2. The molecule has 0 unspecified atom stereocenters. The summed E-state index contributed by atoms with van der Waals surface area (Å²) in [6, 6.07) is -0.237. The molecule has 1 rings (SSSR count). The predicted molar refractivity (Wildman–Crippen MR) is 52.9 cm³/mol. The van der Waals surface area contributed by atoms with Crippen molar-refractivity contribution >= 4 is 11.9 Å². The fourth-order valence-corrected chi connectivity index (χ4v) is 1.50. The number of hydrogen-bond acceptors (Lipinski definition) is 2. The Hall–Kier alpha value is -1.26. The third-order valence-corrected chi connectivity index (χ3v) is 2.31. The van der Waals surface area contributed by atoms with Crippen molar-refractivity contribution in [1.29, 1.82) is 0 Å². The van der Waals surface area contributed by atoms with Crippen LogP contribution in [0.5, 0.6) is 0 Å². The summed E-state index contributed by atoms with van der Waals surface area (Å²) in [5.74, 6) is 0.138. The van der Waals surface area contributed by atoms with Gasteiger partial charge in [0.05, 0.1) is 0 Å². The number of hydrogen-bond donors (Lipinski definition) is 2. The molecule has 0 aromatic carbocycles. The van der Waals surface area contributed by atoms with Gasteiger partial charge in [-0.05, 0) is 12.8 Å². The molecular weight excluding hydrogens is 182 g/mol. The second-order valence-electron chi connectivity index (χ2n) is 3.34. The summed E-state index contributed by atoms with van der Waals surface area (Å²) >= 11 is 0. The van der Waals surface area contributed by atoms with E-state index in [4.69, 9.17) is 0 Å². The first kappa shape index (κ1) is 10.8. The minimum absolute atomic E-state index is 0.138. The van der Waals surface area contributed by atoms with Gasteiger partial charge < -0.3 is 15.5 Å². The Labute approximate surface area is 83.8 Å². The Morgan fingerprint density at radius 3 is 2.50 bits per heavy atom. The molecule has 0 aromatic heterocycles. The number of amides is 3. The first-order valence-electron chi connectivity index (χ1n) is 4.97. The molecule has 80 valence electrons. The maximum Gasteiger partial charge on any atom is 0.314 e. The number of nitrogens with zero attached hydrogens (tertiary/aromatic N) is 1. The zero-order valence-electron chi connectivity index (χ0n) is 8.51. The molecule has 1 aliphatic heterocycles. The van der Waals surface area contributed by atoms with Crippen molar-refractivity contribution in [2.75, 3.05) is 26.7 Å². The zero-order valence-corrected chi connectivity index (χ0v) is 8.51. The Balaban J connectivity index is 2.11. The molecule has 0 bridgehead atoms. The molecule has 1 heterocycles. The van der Waals surface area contributed by atoms with Crippen molar-refractivity contribution in [3.63, 3.8) is 0 Å². The van der Waals surface area contributed by atoms with Crippen molar-refractivity contribution in [3.8, 4) is 0 Å². The van der Waals surface area contributed by atoms with Gasteiger partial charge in [0.1, 0.15) is 0 Å². The predicted octanol–water partition coefficient (Wildman–Crippen LogP) is -0.0721. The van der Waals surface area contributed by atoms with Crippen LogP contribution in [0.25, 0.3) is 0 Å². The lowest BCUT2D eigenvalue weighted by Gasteiger charge is -2.14. The summed E-state index contributed by atoms with van der Waals surface area (Å²) in [5, 5.41) is 5.02. The number of nitrogens with one attached hydrogen (secondary N) is 2. The second-order valence-corrected chi connectivity index (χ2v) is 3.34. The average Bonchev–Trinajstić information content (AvgIpc) is 2.70. The molecule has 1 saturated heterocycles. The first-order valence-corrected chi connectivity index (χ1v) is 4.97. The summed E-state index contributed by atoms with van der Waals surface area (Å²) in [6.07, 6.45) is 2.61. The van der Waals surface area contributed by atoms with Crippen LogP contribution in [-0.4, -0.2) is 43.5 Å². The number of likely N-dealkylation sites (tertiary alicyclic amines) is 1. The number of urea groups is 1. The van der Waals surface area contributed by atoms with Gasteiger partial charge in [0.25, 0.3) is 0 Å². The third-order valence-electron chi connectivity index (χ3n) is 2.31. The Morgan fingerprint density at radius 1 is 1.29 bits per heavy atom. The van der Waals surface area contributed by atoms with Gasteiger partial charge in [0, 0.05) is 33.1 Å². The molecule has 1 aliphatic rings. The second kappa shape index (κ2) is 5.47. The highest BCUT2D eigenvalue weighted by Gasteiger charge is 2.16.